The van der Waals surface area contributed by atoms with E-state index in [2.05, 4.69) is 25.8 Å². The van der Waals surface area contributed by atoms with Gasteiger partial charge in [0.15, 0.2) is 0 Å². The molecule has 2 unspecified atom stereocenters. The van der Waals surface area contributed by atoms with Crippen LogP contribution in [-0.4, -0.2) is 24.0 Å². The quantitative estimate of drug-likeness (QED) is 0.536. The number of nitrogens with zero attached hydrogens (tertiary/aromatic N) is 1. The van der Waals surface area contributed by atoms with Gasteiger partial charge in [0.1, 0.15) is 0 Å². The van der Waals surface area contributed by atoms with Gasteiger partial charge >= 0.3 is 0 Å². The van der Waals surface area contributed by atoms with E-state index < -0.39 is 0 Å². The molecule has 2 aliphatic heterocycles. The highest BCUT2D eigenvalue weighted by Crippen LogP contribution is 2.41. The highest BCUT2D eigenvalue weighted by Gasteiger charge is 2.38. The minimum atomic E-state index is 0.605. The molecule has 0 aliphatic carbocycles. The zero-order chi connectivity index (χ0) is 8.77. The van der Waals surface area contributed by atoms with E-state index in [0.29, 0.717) is 5.41 Å². The third-order valence-corrected chi connectivity index (χ3v) is 3.93. The summed E-state index contributed by atoms with van der Waals surface area (Å²) in [4.78, 5) is 2.63. The van der Waals surface area contributed by atoms with Crippen LogP contribution >= 0.6 is 0 Å². The average molecular weight is 167 g/mol. The highest BCUT2D eigenvalue weighted by atomic mass is 15.2. The lowest BCUT2D eigenvalue weighted by atomic mass is 9.80. The molecular formula is C11H21N. The normalized spacial score (nSPS) is 41.2. The lowest BCUT2D eigenvalue weighted by Crippen LogP contribution is -2.31. The Morgan fingerprint density at radius 2 is 1.75 bits per heavy atom. The third kappa shape index (κ3) is 1.39. The van der Waals surface area contributed by atoms with Crippen LogP contribution in [0.2, 0.25) is 0 Å². The van der Waals surface area contributed by atoms with Gasteiger partial charge in [-0.15, -0.1) is 0 Å². The molecule has 0 aromatic heterocycles. The summed E-state index contributed by atoms with van der Waals surface area (Å²) in [5.74, 6) is 0. The summed E-state index contributed by atoms with van der Waals surface area (Å²) in [6.45, 7) is 4.86. The van der Waals surface area contributed by atoms with E-state index >= 15 is 0 Å². The summed E-state index contributed by atoms with van der Waals surface area (Å²) in [5.41, 5.74) is 0.605. The Balaban J connectivity index is 2.12. The molecule has 0 amide bonds. The molecule has 0 aromatic carbocycles. The van der Waals surface area contributed by atoms with Crippen LogP contribution in [0.3, 0.4) is 0 Å². The summed E-state index contributed by atoms with van der Waals surface area (Å²) in [7, 11) is 2.32. The van der Waals surface area contributed by atoms with Gasteiger partial charge in [0.2, 0.25) is 0 Å². The van der Waals surface area contributed by atoms with Crippen molar-refractivity contribution < 1.29 is 0 Å². The van der Waals surface area contributed by atoms with Gasteiger partial charge < -0.3 is 4.90 Å². The van der Waals surface area contributed by atoms with Crippen molar-refractivity contribution in [2.75, 3.05) is 7.05 Å². The Labute approximate surface area is 76.1 Å². The maximum absolute atomic E-state index is 2.63. The molecule has 2 rings (SSSR count). The third-order valence-electron chi connectivity index (χ3n) is 3.93. The van der Waals surface area contributed by atoms with Gasteiger partial charge in [0, 0.05) is 12.1 Å². The van der Waals surface area contributed by atoms with E-state index in [1.54, 1.807) is 0 Å². The number of fused-ring (bicyclic) bond motifs is 2. The smallest absolute Gasteiger partial charge is 0.0101 e. The number of hydrogen-bond acceptors (Lipinski definition) is 1. The molecule has 0 saturated carbocycles. The Morgan fingerprint density at radius 1 is 1.08 bits per heavy atom. The second-order valence-corrected chi connectivity index (χ2v) is 5.46. The van der Waals surface area contributed by atoms with Crippen molar-refractivity contribution in [1.29, 1.82) is 0 Å². The molecule has 2 fully saturated rings. The van der Waals surface area contributed by atoms with Crippen LogP contribution in [0.4, 0.5) is 0 Å². The van der Waals surface area contributed by atoms with Crippen LogP contribution in [0.5, 0.6) is 0 Å². The van der Waals surface area contributed by atoms with Gasteiger partial charge in [-0.1, -0.05) is 13.8 Å². The van der Waals surface area contributed by atoms with Crippen LogP contribution in [0.1, 0.15) is 46.0 Å². The van der Waals surface area contributed by atoms with E-state index in [-0.39, 0.29) is 0 Å². The second kappa shape index (κ2) is 2.73. The van der Waals surface area contributed by atoms with E-state index in [9.17, 15) is 0 Å². The molecule has 2 heterocycles. The van der Waals surface area contributed by atoms with Crippen LogP contribution in [-0.2, 0) is 0 Å². The van der Waals surface area contributed by atoms with Gasteiger partial charge in [-0.2, -0.15) is 0 Å². The summed E-state index contributed by atoms with van der Waals surface area (Å²) in [6.07, 6.45) is 7.18. The van der Waals surface area contributed by atoms with Crippen molar-refractivity contribution in [1.82, 2.24) is 4.90 Å². The zero-order valence-electron chi connectivity index (χ0n) is 8.64. The minimum absolute atomic E-state index is 0.605. The maximum atomic E-state index is 2.63. The first-order valence-electron chi connectivity index (χ1n) is 5.30. The predicted molar refractivity (Wildman–Crippen MR) is 52.2 cm³/mol. The first-order chi connectivity index (χ1) is 5.58. The highest BCUT2D eigenvalue weighted by molar-refractivity contribution is 4.93. The van der Waals surface area contributed by atoms with E-state index in [4.69, 9.17) is 0 Å². The van der Waals surface area contributed by atoms with Gasteiger partial charge in [0.25, 0.3) is 0 Å². The predicted octanol–water partition coefficient (Wildman–Crippen LogP) is 2.66. The first-order valence-corrected chi connectivity index (χ1v) is 5.30. The standard InChI is InChI=1S/C11H21N/c1-11(2)7-6-9-4-5-10(8-11)12(9)3/h9-10H,4-8H2,1-3H3. The van der Waals surface area contributed by atoms with Crippen molar-refractivity contribution in [3.63, 3.8) is 0 Å². The molecule has 0 spiro atoms. The molecule has 2 aliphatic rings. The van der Waals surface area contributed by atoms with Gasteiger partial charge in [0.05, 0.1) is 0 Å². The minimum Gasteiger partial charge on any atom is -0.300 e. The van der Waals surface area contributed by atoms with Crippen molar-refractivity contribution >= 4 is 0 Å². The molecule has 1 heteroatoms. The Kier molecular flexibility index (Phi) is 1.95. The molecule has 2 saturated heterocycles. The summed E-state index contributed by atoms with van der Waals surface area (Å²) < 4.78 is 0. The molecule has 0 aromatic rings. The van der Waals surface area contributed by atoms with Crippen LogP contribution in [0, 0.1) is 5.41 Å². The van der Waals surface area contributed by atoms with E-state index in [0.717, 1.165) is 12.1 Å². The Hall–Kier alpha value is -0.0400. The lowest BCUT2D eigenvalue weighted by Gasteiger charge is -2.27. The molecule has 2 atom stereocenters. The SMILES string of the molecule is CN1C2CCC1CC(C)(C)CC2. The molecule has 0 N–H and O–H groups in total. The van der Waals surface area contributed by atoms with Crippen molar-refractivity contribution in [3.8, 4) is 0 Å². The van der Waals surface area contributed by atoms with Crippen molar-refractivity contribution in [2.24, 2.45) is 5.41 Å². The molecular weight excluding hydrogens is 146 g/mol. The summed E-state index contributed by atoms with van der Waals surface area (Å²) in [5, 5.41) is 0. The maximum Gasteiger partial charge on any atom is 0.0101 e. The van der Waals surface area contributed by atoms with Crippen molar-refractivity contribution in [2.45, 2.75) is 58.0 Å². The van der Waals surface area contributed by atoms with E-state index in [1.807, 2.05) is 0 Å². The van der Waals surface area contributed by atoms with Crippen molar-refractivity contribution in [3.05, 3.63) is 0 Å². The second-order valence-electron chi connectivity index (χ2n) is 5.46. The summed E-state index contributed by atoms with van der Waals surface area (Å²) in [6, 6.07) is 1.81. The molecule has 1 nitrogen and oxygen atoms in total. The molecule has 70 valence electrons. The van der Waals surface area contributed by atoms with E-state index in [1.165, 1.54) is 32.1 Å². The van der Waals surface area contributed by atoms with Crippen LogP contribution in [0.15, 0.2) is 0 Å². The van der Waals surface area contributed by atoms with Gasteiger partial charge in [-0.05, 0) is 44.6 Å². The monoisotopic (exact) mass is 167 g/mol. The fourth-order valence-corrected chi connectivity index (χ4v) is 2.98. The molecule has 0 radical (unpaired) electrons. The number of rotatable bonds is 0. The zero-order valence-corrected chi connectivity index (χ0v) is 8.64. The summed E-state index contributed by atoms with van der Waals surface area (Å²) >= 11 is 0. The molecule has 12 heavy (non-hydrogen) atoms. The Bertz CT molecular complexity index is 174. The topological polar surface area (TPSA) is 3.24 Å². The van der Waals surface area contributed by atoms with Crippen LogP contribution in [0.25, 0.3) is 0 Å². The van der Waals surface area contributed by atoms with Gasteiger partial charge in [-0.25, -0.2) is 0 Å². The first kappa shape index (κ1) is 8.55. The fourth-order valence-electron chi connectivity index (χ4n) is 2.98. The lowest BCUT2D eigenvalue weighted by molar-refractivity contribution is 0.220. The molecule has 2 bridgehead atoms. The number of hydrogen-bond donors (Lipinski definition) is 0. The average Bonchev–Trinajstić information content (AvgIpc) is 2.22. The van der Waals surface area contributed by atoms with Gasteiger partial charge in [-0.3, -0.25) is 0 Å². The van der Waals surface area contributed by atoms with Crippen LogP contribution < -0.4 is 0 Å². The Morgan fingerprint density at radius 3 is 2.50 bits per heavy atom. The fraction of sp³-hybridized carbons (Fsp3) is 1.00. The largest absolute Gasteiger partial charge is 0.300 e.